The van der Waals surface area contributed by atoms with Gasteiger partial charge in [-0.3, -0.25) is 4.79 Å². The molecule has 1 saturated carbocycles. The molecule has 1 aliphatic rings. The third-order valence-electron chi connectivity index (χ3n) is 2.15. The van der Waals surface area contributed by atoms with E-state index in [-0.39, 0.29) is 5.78 Å². The van der Waals surface area contributed by atoms with Gasteiger partial charge in [-0.1, -0.05) is 0 Å². The van der Waals surface area contributed by atoms with E-state index in [0.717, 1.165) is 5.56 Å². The van der Waals surface area contributed by atoms with Crippen LogP contribution in [0.1, 0.15) is 18.4 Å². The lowest BCUT2D eigenvalue weighted by Gasteiger charge is -1.99. The molecule has 0 unspecified atom stereocenters. The molecule has 1 fully saturated rings. The first-order valence-electron chi connectivity index (χ1n) is 4.61. The quantitative estimate of drug-likeness (QED) is 0.737. The first-order valence-corrected chi connectivity index (χ1v) is 4.61. The summed E-state index contributed by atoms with van der Waals surface area (Å²) in [5.41, 5.74) is 0.961. The molecular weight excluding hydrogens is 166 g/mol. The van der Waals surface area contributed by atoms with Crippen molar-refractivity contribution in [2.45, 2.75) is 25.3 Å². The predicted molar refractivity (Wildman–Crippen MR) is 48.4 cm³/mol. The Morgan fingerprint density at radius 2 is 2.46 bits per heavy atom. The van der Waals surface area contributed by atoms with E-state index in [2.05, 4.69) is 5.32 Å². The van der Waals surface area contributed by atoms with Gasteiger partial charge in [-0.15, -0.1) is 0 Å². The molecule has 0 bridgehead atoms. The Hall–Kier alpha value is -1.09. The molecule has 0 amide bonds. The van der Waals surface area contributed by atoms with Crippen LogP contribution in [0, 0.1) is 0 Å². The topological polar surface area (TPSA) is 42.2 Å². The molecule has 0 atom stereocenters. The minimum absolute atomic E-state index is 0.230. The van der Waals surface area contributed by atoms with Gasteiger partial charge in [-0.25, -0.2) is 0 Å². The van der Waals surface area contributed by atoms with Gasteiger partial charge in [0, 0.05) is 12.5 Å². The summed E-state index contributed by atoms with van der Waals surface area (Å²) in [7, 11) is 0. The monoisotopic (exact) mass is 179 g/mol. The second kappa shape index (κ2) is 3.75. The van der Waals surface area contributed by atoms with E-state index in [1.165, 1.54) is 12.8 Å². The lowest BCUT2D eigenvalue weighted by molar-refractivity contribution is -0.117. The first kappa shape index (κ1) is 8.51. The van der Waals surface area contributed by atoms with E-state index in [0.29, 0.717) is 19.0 Å². The zero-order valence-electron chi connectivity index (χ0n) is 7.45. The Morgan fingerprint density at radius 3 is 3.08 bits per heavy atom. The zero-order chi connectivity index (χ0) is 9.10. The maximum Gasteiger partial charge on any atom is 0.151 e. The zero-order valence-corrected chi connectivity index (χ0v) is 7.45. The van der Waals surface area contributed by atoms with E-state index in [4.69, 9.17) is 4.42 Å². The Bertz CT molecular complexity index is 275. The molecule has 1 N–H and O–H groups in total. The molecule has 3 nitrogen and oxygen atoms in total. The highest BCUT2D eigenvalue weighted by molar-refractivity contribution is 5.82. The summed E-state index contributed by atoms with van der Waals surface area (Å²) >= 11 is 0. The van der Waals surface area contributed by atoms with Crippen LogP contribution >= 0.6 is 0 Å². The highest BCUT2D eigenvalue weighted by Gasteiger charge is 2.21. The number of nitrogens with one attached hydrogen (secondary N) is 1. The largest absolute Gasteiger partial charge is 0.472 e. The van der Waals surface area contributed by atoms with Gasteiger partial charge in [0.2, 0.25) is 0 Å². The van der Waals surface area contributed by atoms with Crippen LogP contribution in [-0.2, 0) is 11.2 Å². The Kier molecular flexibility index (Phi) is 2.45. The standard InChI is InChI=1S/C10H13NO2/c12-10(6-11-9-1-2-9)5-8-3-4-13-7-8/h3-4,7,9,11H,1-2,5-6H2. The van der Waals surface area contributed by atoms with Crippen molar-refractivity contribution in [3.8, 4) is 0 Å². The molecule has 0 aliphatic heterocycles. The van der Waals surface area contributed by atoms with Crippen molar-refractivity contribution < 1.29 is 9.21 Å². The van der Waals surface area contributed by atoms with Gasteiger partial charge in [0.1, 0.15) is 0 Å². The number of hydrogen-bond acceptors (Lipinski definition) is 3. The summed E-state index contributed by atoms with van der Waals surface area (Å²) < 4.78 is 4.88. The molecular formula is C10H13NO2. The Labute approximate surface area is 77.1 Å². The fourth-order valence-electron chi connectivity index (χ4n) is 1.23. The van der Waals surface area contributed by atoms with Crippen molar-refractivity contribution in [2.75, 3.05) is 6.54 Å². The van der Waals surface area contributed by atoms with Crippen LogP contribution < -0.4 is 5.32 Å². The molecule has 1 aromatic rings. The van der Waals surface area contributed by atoms with Crippen LogP contribution in [0.15, 0.2) is 23.0 Å². The predicted octanol–water partition coefficient (Wildman–Crippen LogP) is 1.14. The van der Waals surface area contributed by atoms with Gasteiger partial charge in [-0.2, -0.15) is 0 Å². The normalized spacial score (nSPS) is 16.0. The van der Waals surface area contributed by atoms with Crippen LogP contribution in [0.4, 0.5) is 0 Å². The minimum Gasteiger partial charge on any atom is -0.472 e. The van der Waals surface area contributed by atoms with Crippen molar-refractivity contribution in [3.63, 3.8) is 0 Å². The highest BCUT2D eigenvalue weighted by Crippen LogP contribution is 2.18. The average molecular weight is 179 g/mol. The van der Waals surface area contributed by atoms with Crippen molar-refractivity contribution in [2.24, 2.45) is 0 Å². The van der Waals surface area contributed by atoms with E-state index >= 15 is 0 Å². The van der Waals surface area contributed by atoms with E-state index in [1.54, 1.807) is 12.5 Å². The number of ketones is 1. The van der Waals surface area contributed by atoms with Gasteiger partial charge in [0.25, 0.3) is 0 Å². The molecule has 1 aliphatic carbocycles. The van der Waals surface area contributed by atoms with Gasteiger partial charge in [0.05, 0.1) is 19.1 Å². The third kappa shape index (κ3) is 2.70. The summed E-state index contributed by atoms with van der Waals surface area (Å²) in [5.74, 6) is 0.230. The second-order valence-electron chi connectivity index (χ2n) is 3.50. The van der Waals surface area contributed by atoms with Crippen LogP contribution in [0.2, 0.25) is 0 Å². The molecule has 2 rings (SSSR count). The summed E-state index contributed by atoms with van der Waals surface area (Å²) in [5, 5.41) is 3.19. The van der Waals surface area contributed by atoms with Crippen molar-refractivity contribution in [1.82, 2.24) is 5.32 Å². The van der Waals surface area contributed by atoms with Gasteiger partial charge in [0.15, 0.2) is 5.78 Å². The Morgan fingerprint density at radius 1 is 1.62 bits per heavy atom. The molecule has 13 heavy (non-hydrogen) atoms. The van der Waals surface area contributed by atoms with Crippen LogP contribution in [0.5, 0.6) is 0 Å². The SMILES string of the molecule is O=C(CNC1CC1)Cc1ccoc1. The number of rotatable bonds is 5. The molecule has 3 heteroatoms. The van der Waals surface area contributed by atoms with Crippen molar-refractivity contribution >= 4 is 5.78 Å². The number of carbonyl (C=O) groups excluding carboxylic acids is 1. The molecule has 1 aromatic heterocycles. The lowest BCUT2D eigenvalue weighted by Crippen LogP contribution is -2.25. The second-order valence-corrected chi connectivity index (χ2v) is 3.50. The maximum atomic E-state index is 11.3. The van der Waals surface area contributed by atoms with Gasteiger partial charge >= 0.3 is 0 Å². The molecule has 0 spiro atoms. The summed E-state index contributed by atoms with van der Waals surface area (Å²) in [6, 6.07) is 2.43. The van der Waals surface area contributed by atoms with Gasteiger partial charge in [-0.05, 0) is 24.5 Å². The number of carbonyl (C=O) groups is 1. The molecule has 0 radical (unpaired) electrons. The van der Waals surface area contributed by atoms with Crippen LogP contribution in [-0.4, -0.2) is 18.4 Å². The molecule has 70 valence electrons. The van der Waals surface area contributed by atoms with Crippen LogP contribution in [0.3, 0.4) is 0 Å². The van der Waals surface area contributed by atoms with Gasteiger partial charge < -0.3 is 9.73 Å². The minimum atomic E-state index is 0.230. The third-order valence-corrected chi connectivity index (χ3v) is 2.15. The summed E-state index contributed by atoms with van der Waals surface area (Å²) in [6.07, 6.45) is 6.14. The van der Waals surface area contributed by atoms with Crippen LogP contribution in [0.25, 0.3) is 0 Å². The fourth-order valence-corrected chi connectivity index (χ4v) is 1.23. The fraction of sp³-hybridized carbons (Fsp3) is 0.500. The van der Waals surface area contributed by atoms with E-state index < -0.39 is 0 Å². The van der Waals surface area contributed by atoms with Crippen molar-refractivity contribution in [1.29, 1.82) is 0 Å². The smallest absolute Gasteiger partial charge is 0.151 e. The molecule has 0 aromatic carbocycles. The van der Waals surface area contributed by atoms with E-state index in [1.807, 2.05) is 6.07 Å². The molecule has 0 saturated heterocycles. The summed E-state index contributed by atoms with van der Waals surface area (Å²) in [6.45, 7) is 0.496. The Balaban J connectivity index is 1.71. The molecule has 1 heterocycles. The lowest BCUT2D eigenvalue weighted by atomic mass is 10.2. The number of Topliss-reactive ketones (excluding diaryl/α,β-unsaturated/α-hetero) is 1. The number of furan rings is 1. The van der Waals surface area contributed by atoms with Crippen molar-refractivity contribution in [3.05, 3.63) is 24.2 Å². The van der Waals surface area contributed by atoms with E-state index in [9.17, 15) is 4.79 Å². The highest BCUT2D eigenvalue weighted by atomic mass is 16.3. The first-order chi connectivity index (χ1) is 6.34. The maximum absolute atomic E-state index is 11.3. The number of hydrogen-bond donors (Lipinski definition) is 1. The average Bonchev–Trinajstić information content (AvgIpc) is 2.82. The summed E-state index contributed by atoms with van der Waals surface area (Å²) in [4.78, 5) is 11.3.